The Morgan fingerprint density at radius 1 is 1.21 bits per heavy atom. The van der Waals surface area contributed by atoms with Crippen LogP contribution in [0.15, 0.2) is 58.9 Å². The minimum Gasteiger partial charge on any atom is -0.383 e. The molecule has 1 fully saturated rings. The molecule has 34 heavy (non-hydrogen) atoms. The van der Waals surface area contributed by atoms with Gasteiger partial charge in [-0.3, -0.25) is 24.3 Å². The maximum absolute atomic E-state index is 12.6. The Bertz CT molecular complexity index is 1230. The molecule has 0 unspecified atom stereocenters. The molecule has 0 bridgehead atoms. The number of ether oxygens (including phenoxy) is 1. The fraction of sp³-hybridized carbons (Fsp3) is 0.261. The number of fused-ring (bicyclic) bond motifs is 1. The Kier molecular flexibility index (Phi) is 7.99. The largest absolute Gasteiger partial charge is 0.383 e. The Morgan fingerprint density at radius 3 is 2.85 bits per heavy atom. The van der Waals surface area contributed by atoms with Crippen LogP contribution in [0.4, 0.5) is 4.79 Å². The lowest BCUT2D eigenvalue weighted by atomic mass is 10.2. The van der Waals surface area contributed by atoms with Crippen LogP contribution in [0.25, 0.3) is 17.1 Å². The highest BCUT2D eigenvalue weighted by atomic mass is 32.2. The van der Waals surface area contributed by atoms with Gasteiger partial charge in [0.1, 0.15) is 0 Å². The number of para-hydroxylation sites is 2. The van der Waals surface area contributed by atoms with Gasteiger partial charge in [-0.05, 0) is 41.6 Å². The maximum atomic E-state index is 12.6. The van der Waals surface area contributed by atoms with Crippen LogP contribution < -0.4 is 5.32 Å². The van der Waals surface area contributed by atoms with Crippen molar-refractivity contribution in [2.45, 2.75) is 11.7 Å². The van der Waals surface area contributed by atoms with Crippen LogP contribution in [0, 0.1) is 0 Å². The van der Waals surface area contributed by atoms with E-state index in [-0.39, 0.29) is 35.9 Å². The Hall–Kier alpha value is -3.15. The number of carbonyl (C=O) groups excluding carboxylic acids is 3. The highest BCUT2D eigenvalue weighted by molar-refractivity contribution is 8.18. The summed E-state index contributed by atoms with van der Waals surface area (Å²) in [6.45, 7) is 1.45. The minimum atomic E-state index is -0.366. The number of carbonyl (C=O) groups is 3. The van der Waals surface area contributed by atoms with Crippen molar-refractivity contribution in [3.05, 3.63) is 59.3 Å². The van der Waals surface area contributed by atoms with Crippen LogP contribution in [0.2, 0.25) is 0 Å². The molecule has 3 amide bonds. The van der Waals surface area contributed by atoms with Crippen LogP contribution in [0.3, 0.4) is 0 Å². The molecule has 0 spiro atoms. The van der Waals surface area contributed by atoms with Crippen molar-refractivity contribution < 1.29 is 19.1 Å². The molecule has 1 aromatic carbocycles. The van der Waals surface area contributed by atoms with Crippen LogP contribution >= 0.6 is 23.5 Å². The molecule has 0 radical (unpaired) electrons. The van der Waals surface area contributed by atoms with Crippen molar-refractivity contribution >= 4 is 57.7 Å². The molecule has 176 valence electrons. The normalized spacial score (nSPS) is 15.0. The number of methoxy groups -OCH3 is 1. The molecule has 1 aliphatic rings. The average Bonchev–Trinajstić information content (AvgIpc) is 3.33. The van der Waals surface area contributed by atoms with Gasteiger partial charge < -0.3 is 14.6 Å². The first-order valence-electron chi connectivity index (χ1n) is 10.6. The highest BCUT2D eigenvalue weighted by Gasteiger charge is 2.34. The molecule has 3 heterocycles. The smallest absolute Gasteiger partial charge is 0.293 e. The Balaban J connectivity index is 1.29. The van der Waals surface area contributed by atoms with Crippen molar-refractivity contribution in [1.29, 1.82) is 0 Å². The van der Waals surface area contributed by atoms with E-state index >= 15 is 0 Å². The van der Waals surface area contributed by atoms with E-state index in [1.807, 2.05) is 34.9 Å². The van der Waals surface area contributed by atoms with Gasteiger partial charge in [-0.25, -0.2) is 4.98 Å². The van der Waals surface area contributed by atoms with Gasteiger partial charge in [0.05, 0.1) is 28.3 Å². The first kappa shape index (κ1) is 24.0. The van der Waals surface area contributed by atoms with E-state index < -0.39 is 0 Å². The predicted molar refractivity (Wildman–Crippen MR) is 132 cm³/mol. The predicted octanol–water partition coefficient (Wildman–Crippen LogP) is 3.02. The topological polar surface area (TPSA) is 106 Å². The van der Waals surface area contributed by atoms with Crippen molar-refractivity contribution in [3.8, 4) is 0 Å². The molecule has 1 saturated heterocycles. The summed E-state index contributed by atoms with van der Waals surface area (Å²) in [5, 5.41) is 3.16. The molecule has 1 N–H and O–H groups in total. The Morgan fingerprint density at radius 2 is 2.06 bits per heavy atom. The number of aromatic nitrogens is 3. The van der Waals surface area contributed by atoms with E-state index in [1.165, 1.54) is 11.8 Å². The zero-order valence-corrected chi connectivity index (χ0v) is 20.1. The van der Waals surface area contributed by atoms with Gasteiger partial charge in [-0.2, -0.15) is 0 Å². The van der Waals surface area contributed by atoms with Gasteiger partial charge in [0.15, 0.2) is 5.16 Å². The average molecular weight is 498 g/mol. The van der Waals surface area contributed by atoms with Gasteiger partial charge in [-0.15, -0.1) is 0 Å². The molecular formula is C23H23N5O4S2. The number of hydrogen-bond donors (Lipinski definition) is 1. The third-order valence-corrected chi connectivity index (χ3v) is 6.87. The molecule has 3 aromatic rings. The number of pyridine rings is 1. The van der Waals surface area contributed by atoms with Gasteiger partial charge >= 0.3 is 0 Å². The Labute approximate surface area is 205 Å². The second kappa shape index (κ2) is 11.3. The van der Waals surface area contributed by atoms with Crippen molar-refractivity contribution in [2.75, 3.05) is 32.6 Å². The van der Waals surface area contributed by atoms with E-state index in [1.54, 1.807) is 31.6 Å². The van der Waals surface area contributed by atoms with Gasteiger partial charge in [0.25, 0.3) is 11.1 Å². The number of nitrogens with zero attached hydrogens (tertiary/aromatic N) is 4. The number of amides is 3. The van der Waals surface area contributed by atoms with Crippen LogP contribution in [0.1, 0.15) is 5.56 Å². The summed E-state index contributed by atoms with van der Waals surface area (Å²) in [4.78, 5) is 47.3. The van der Waals surface area contributed by atoms with Crippen molar-refractivity contribution in [2.24, 2.45) is 0 Å². The summed E-state index contributed by atoms with van der Waals surface area (Å²) in [5.41, 5.74) is 2.59. The third-order valence-electron chi connectivity index (χ3n) is 4.98. The van der Waals surface area contributed by atoms with E-state index in [0.717, 1.165) is 38.4 Å². The minimum absolute atomic E-state index is 0.109. The summed E-state index contributed by atoms with van der Waals surface area (Å²) in [7, 11) is 1.64. The van der Waals surface area contributed by atoms with Gasteiger partial charge in [-0.1, -0.05) is 30.0 Å². The fourth-order valence-corrected chi connectivity index (χ4v) is 5.09. The second-order valence-electron chi connectivity index (χ2n) is 7.29. The number of hydrogen-bond acceptors (Lipinski definition) is 8. The van der Waals surface area contributed by atoms with Crippen molar-refractivity contribution in [3.63, 3.8) is 0 Å². The van der Waals surface area contributed by atoms with Crippen LogP contribution in [-0.2, 0) is 20.9 Å². The number of thioether (sulfide) groups is 2. The third kappa shape index (κ3) is 5.66. The standard InChI is InChI=1S/C23H23N5O4S2/c1-32-12-11-27-18-7-3-2-6-17(18)26-22(27)33-15-20(29)25-9-10-28-21(30)19(34-23(28)31)13-16-5-4-8-24-14-16/h2-8,13-14H,9-12,15H2,1H3,(H,25,29)/b19-13-. The molecular weight excluding hydrogens is 474 g/mol. The summed E-state index contributed by atoms with van der Waals surface area (Å²) in [6.07, 6.45) is 4.90. The van der Waals surface area contributed by atoms with Gasteiger partial charge in [0, 0.05) is 39.1 Å². The van der Waals surface area contributed by atoms with E-state index in [9.17, 15) is 14.4 Å². The monoisotopic (exact) mass is 497 g/mol. The molecule has 1 aliphatic heterocycles. The number of imidazole rings is 1. The fourth-order valence-electron chi connectivity index (χ4n) is 3.36. The summed E-state index contributed by atoms with van der Waals surface area (Å²) >= 11 is 2.22. The van der Waals surface area contributed by atoms with Crippen LogP contribution in [-0.4, -0.2) is 69.0 Å². The second-order valence-corrected chi connectivity index (χ2v) is 9.22. The van der Waals surface area contributed by atoms with E-state index in [0.29, 0.717) is 18.1 Å². The lowest BCUT2D eigenvalue weighted by Gasteiger charge is -2.13. The SMILES string of the molecule is COCCn1c(SCC(=O)NCCN2C(=O)S/C(=C\c3cccnc3)C2=O)nc2ccccc21. The summed E-state index contributed by atoms with van der Waals surface area (Å²) < 4.78 is 7.23. The maximum Gasteiger partial charge on any atom is 0.293 e. The molecule has 4 rings (SSSR count). The summed E-state index contributed by atoms with van der Waals surface area (Å²) in [6, 6.07) is 11.4. The quantitative estimate of drug-likeness (QED) is 0.337. The lowest BCUT2D eigenvalue weighted by molar-refractivity contribution is -0.123. The zero-order valence-electron chi connectivity index (χ0n) is 18.5. The molecule has 9 nitrogen and oxygen atoms in total. The molecule has 0 atom stereocenters. The van der Waals surface area contributed by atoms with Gasteiger partial charge in [0.2, 0.25) is 5.91 Å². The number of nitrogens with one attached hydrogen (secondary N) is 1. The molecule has 2 aromatic heterocycles. The van der Waals surface area contributed by atoms with Crippen molar-refractivity contribution in [1.82, 2.24) is 24.8 Å². The number of rotatable bonds is 10. The van der Waals surface area contributed by atoms with Crippen LogP contribution in [0.5, 0.6) is 0 Å². The zero-order chi connectivity index (χ0) is 23.9. The summed E-state index contributed by atoms with van der Waals surface area (Å²) in [5.74, 6) is -0.401. The first-order chi connectivity index (χ1) is 16.6. The highest BCUT2D eigenvalue weighted by Crippen LogP contribution is 2.31. The number of benzene rings is 1. The molecule has 11 heteroatoms. The molecule has 0 aliphatic carbocycles. The molecule has 0 saturated carbocycles. The first-order valence-corrected chi connectivity index (χ1v) is 12.4. The van der Waals surface area contributed by atoms with E-state index in [2.05, 4.69) is 15.3 Å². The number of imide groups is 1. The lowest BCUT2D eigenvalue weighted by Crippen LogP contribution is -2.37. The van der Waals surface area contributed by atoms with E-state index in [4.69, 9.17) is 4.74 Å².